The maximum atomic E-state index is 13.3. The highest BCUT2D eigenvalue weighted by molar-refractivity contribution is 7.13. The highest BCUT2D eigenvalue weighted by Gasteiger charge is 2.09. The second-order valence-electron chi connectivity index (χ2n) is 6.29. The van der Waals surface area contributed by atoms with Crippen molar-refractivity contribution in [3.63, 3.8) is 0 Å². The first-order valence-electron chi connectivity index (χ1n) is 8.85. The summed E-state index contributed by atoms with van der Waals surface area (Å²) < 4.78 is 13.3. The van der Waals surface area contributed by atoms with Crippen molar-refractivity contribution >= 4 is 22.9 Å². The van der Waals surface area contributed by atoms with Crippen molar-refractivity contribution in [2.45, 2.75) is 12.8 Å². The number of nitrogens with one attached hydrogen (secondary N) is 1. The number of aromatic nitrogens is 1. The fraction of sp³-hybridized carbons (Fsp3) is 0.238. The maximum absolute atomic E-state index is 13.3. The van der Waals surface area contributed by atoms with E-state index in [9.17, 15) is 9.18 Å². The third kappa shape index (κ3) is 5.62. The fourth-order valence-electron chi connectivity index (χ4n) is 2.72. The molecule has 3 aromatic rings. The highest BCUT2D eigenvalue weighted by Crippen LogP contribution is 2.24. The molecule has 2 aromatic carbocycles. The van der Waals surface area contributed by atoms with Crippen LogP contribution in [-0.2, 0) is 11.2 Å². The number of benzene rings is 2. The standard InChI is InChI=1S/C21H22FN3OS/c1-25(19-9-3-2-4-10-19)12-6-11-23-20(26)14-18-15-27-21(24-18)16-7-5-8-17(22)13-16/h2-5,7-10,13,15H,6,11-12,14H2,1H3,(H,23,26). The molecule has 6 heteroatoms. The molecular formula is C21H22FN3OS. The number of nitrogens with zero attached hydrogens (tertiary/aromatic N) is 2. The summed E-state index contributed by atoms with van der Waals surface area (Å²) in [5, 5.41) is 5.51. The summed E-state index contributed by atoms with van der Waals surface area (Å²) in [7, 11) is 2.04. The quantitative estimate of drug-likeness (QED) is 0.595. The molecule has 0 bridgehead atoms. The molecule has 1 aromatic heterocycles. The predicted octanol–water partition coefficient (Wildman–Crippen LogP) is 4.13. The van der Waals surface area contributed by atoms with Crippen molar-refractivity contribution in [2.75, 3.05) is 25.0 Å². The van der Waals surface area contributed by atoms with Gasteiger partial charge in [0.25, 0.3) is 0 Å². The van der Waals surface area contributed by atoms with Gasteiger partial charge in [0.2, 0.25) is 5.91 Å². The summed E-state index contributed by atoms with van der Waals surface area (Å²) in [6, 6.07) is 16.5. The zero-order chi connectivity index (χ0) is 19.1. The third-order valence-electron chi connectivity index (χ3n) is 4.15. The lowest BCUT2D eigenvalue weighted by atomic mass is 10.2. The van der Waals surface area contributed by atoms with Gasteiger partial charge in [-0.2, -0.15) is 0 Å². The van der Waals surface area contributed by atoms with E-state index in [0.717, 1.165) is 29.2 Å². The Hall–Kier alpha value is -2.73. The molecule has 4 nitrogen and oxygen atoms in total. The number of carbonyl (C=O) groups excluding carboxylic acids is 1. The molecule has 1 N–H and O–H groups in total. The van der Waals surface area contributed by atoms with E-state index < -0.39 is 0 Å². The van der Waals surface area contributed by atoms with Crippen molar-refractivity contribution in [1.82, 2.24) is 10.3 Å². The topological polar surface area (TPSA) is 45.2 Å². The lowest BCUT2D eigenvalue weighted by Gasteiger charge is -2.19. The van der Waals surface area contributed by atoms with Crippen molar-refractivity contribution in [3.8, 4) is 10.6 Å². The molecule has 140 valence electrons. The monoisotopic (exact) mass is 383 g/mol. The summed E-state index contributed by atoms with van der Waals surface area (Å²) in [5.41, 5.74) is 2.60. The van der Waals surface area contributed by atoms with Crippen LogP contribution < -0.4 is 10.2 Å². The number of carbonyl (C=O) groups is 1. The molecule has 1 heterocycles. The van der Waals surface area contributed by atoms with Crippen LogP contribution in [0.2, 0.25) is 0 Å². The van der Waals surface area contributed by atoms with Crippen LogP contribution >= 0.6 is 11.3 Å². The van der Waals surface area contributed by atoms with Crippen LogP contribution in [0.4, 0.5) is 10.1 Å². The zero-order valence-electron chi connectivity index (χ0n) is 15.2. The molecular weight excluding hydrogens is 361 g/mol. The fourth-order valence-corrected chi connectivity index (χ4v) is 3.54. The maximum Gasteiger partial charge on any atom is 0.226 e. The number of hydrogen-bond donors (Lipinski definition) is 1. The number of halogens is 1. The first-order chi connectivity index (χ1) is 13.1. The van der Waals surface area contributed by atoms with Gasteiger partial charge in [0.05, 0.1) is 12.1 Å². The average Bonchev–Trinajstić information content (AvgIpc) is 3.14. The van der Waals surface area contributed by atoms with E-state index in [0.29, 0.717) is 12.2 Å². The number of hydrogen-bond acceptors (Lipinski definition) is 4. The minimum atomic E-state index is -0.289. The number of thiazole rings is 1. The normalized spacial score (nSPS) is 10.6. The molecule has 0 unspecified atom stereocenters. The van der Waals surface area contributed by atoms with Crippen LogP contribution in [0.15, 0.2) is 60.0 Å². The van der Waals surface area contributed by atoms with Crippen molar-refractivity contribution < 1.29 is 9.18 Å². The molecule has 1 amide bonds. The largest absolute Gasteiger partial charge is 0.375 e. The first kappa shape index (κ1) is 19.0. The molecule has 0 fully saturated rings. The van der Waals surface area contributed by atoms with Gasteiger partial charge in [-0.05, 0) is 30.7 Å². The van der Waals surface area contributed by atoms with Gasteiger partial charge in [0.15, 0.2) is 0 Å². The molecule has 0 atom stereocenters. The molecule has 27 heavy (non-hydrogen) atoms. The van der Waals surface area contributed by atoms with Gasteiger partial charge in [0, 0.05) is 36.8 Å². The Morgan fingerprint density at radius 2 is 2.00 bits per heavy atom. The number of anilines is 1. The van der Waals surface area contributed by atoms with Crippen LogP contribution in [-0.4, -0.2) is 31.0 Å². The molecule has 0 aliphatic rings. The molecule has 0 aliphatic heterocycles. The summed E-state index contributed by atoms with van der Waals surface area (Å²) in [4.78, 5) is 18.7. The molecule has 0 aliphatic carbocycles. The second-order valence-corrected chi connectivity index (χ2v) is 7.15. The Morgan fingerprint density at radius 3 is 2.78 bits per heavy atom. The minimum absolute atomic E-state index is 0.0477. The molecule has 0 spiro atoms. The highest BCUT2D eigenvalue weighted by atomic mass is 32.1. The SMILES string of the molecule is CN(CCCNC(=O)Cc1csc(-c2cccc(F)c2)n1)c1ccccc1. The van der Waals surface area contributed by atoms with E-state index in [1.165, 1.54) is 23.5 Å². The van der Waals surface area contributed by atoms with E-state index in [2.05, 4.69) is 27.3 Å². The van der Waals surface area contributed by atoms with Crippen LogP contribution in [0.3, 0.4) is 0 Å². The van der Waals surface area contributed by atoms with Crippen LogP contribution in [0.25, 0.3) is 10.6 Å². The average molecular weight is 383 g/mol. The molecule has 0 saturated carbocycles. The van der Waals surface area contributed by atoms with Gasteiger partial charge >= 0.3 is 0 Å². The predicted molar refractivity (Wildman–Crippen MR) is 109 cm³/mol. The molecule has 0 radical (unpaired) electrons. The number of amides is 1. The molecule has 3 rings (SSSR count). The van der Waals surface area contributed by atoms with Crippen molar-refractivity contribution in [2.24, 2.45) is 0 Å². The van der Waals surface area contributed by atoms with Crippen molar-refractivity contribution in [3.05, 3.63) is 71.5 Å². The summed E-state index contributed by atoms with van der Waals surface area (Å²) in [5.74, 6) is -0.337. The van der Waals surface area contributed by atoms with Gasteiger partial charge in [-0.1, -0.05) is 30.3 Å². The Balaban J connectivity index is 1.42. The van der Waals surface area contributed by atoms with Crippen LogP contribution in [0.1, 0.15) is 12.1 Å². The first-order valence-corrected chi connectivity index (χ1v) is 9.73. The van der Waals surface area contributed by atoms with E-state index in [4.69, 9.17) is 0 Å². The van der Waals surface area contributed by atoms with Gasteiger partial charge in [-0.3, -0.25) is 4.79 Å². The zero-order valence-corrected chi connectivity index (χ0v) is 16.0. The Labute approximate surface area is 162 Å². The lowest BCUT2D eigenvalue weighted by Crippen LogP contribution is -2.29. The van der Waals surface area contributed by atoms with Gasteiger partial charge < -0.3 is 10.2 Å². The van der Waals surface area contributed by atoms with Gasteiger partial charge in [-0.25, -0.2) is 9.37 Å². The van der Waals surface area contributed by atoms with E-state index >= 15 is 0 Å². The minimum Gasteiger partial charge on any atom is -0.375 e. The van der Waals surface area contributed by atoms with Gasteiger partial charge in [-0.15, -0.1) is 11.3 Å². The van der Waals surface area contributed by atoms with Crippen molar-refractivity contribution in [1.29, 1.82) is 0 Å². The van der Waals surface area contributed by atoms with E-state index in [1.54, 1.807) is 6.07 Å². The smallest absolute Gasteiger partial charge is 0.226 e. The Morgan fingerprint density at radius 1 is 1.19 bits per heavy atom. The summed E-state index contributed by atoms with van der Waals surface area (Å²) in [6.07, 6.45) is 1.10. The van der Waals surface area contributed by atoms with E-state index in [1.807, 2.05) is 36.7 Å². The Kier molecular flexibility index (Phi) is 6.54. The van der Waals surface area contributed by atoms with Crippen LogP contribution in [0.5, 0.6) is 0 Å². The summed E-state index contributed by atoms with van der Waals surface area (Å²) in [6.45, 7) is 1.49. The lowest BCUT2D eigenvalue weighted by molar-refractivity contribution is -0.120. The second kappa shape index (κ2) is 9.28. The molecule has 0 saturated heterocycles. The summed E-state index contributed by atoms with van der Waals surface area (Å²) >= 11 is 1.42. The van der Waals surface area contributed by atoms with Gasteiger partial charge in [0.1, 0.15) is 10.8 Å². The number of rotatable bonds is 8. The van der Waals surface area contributed by atoms with E-state index in [-0.39, 0.29) is 18.1 Å². The number of para-hydroxylation sites is 1. The van der Waals surface area contributed by atoms with Crippen LogP contribution in [0, 0.1) is 5.82 Å². The third-order valence-corrected chi connectivity index (χ3v) is 5.09. The Bertz CT molecular complexity index is 882.